The molecule has 0 radical (unpaired) electrons. The van der Waals surface area contributed by atoms with E-state index in [1.54, 1.807) is 18.2 Å². The third-order valence-electron chi connectivity index (χ3n) is 3.55. The third kappa shape index (κ3) is 4.04. The standard InChI is InChI=1S/C18H14ClN3O2S/c19-15-7-2-1-4-14(15)11-22-8-9-25-18(22)21-17(24)13-6-3-5-12(10-13)16(20)23/h1-10H,11H2,(H2,20,23). The number of carbonyl (C=O) groups excluding carboxylic acids is 2. The Kier molecular flexibility index (Phi) is 5.11. The van der Waals surface area contributed by atoms with Gasteiger partial charge in [-0.1, -0.05) is 35.9 Å². The van der Waals surface area contributed by atoms with Crippen LogP contribution >= 0.6 is 22.9 Å². The summed E-state index contributed by atoms with van der Waals surface area (Å²) in [6.07, 6.45) is 1.85. The number of primary amides is 1. The number of hydrogen-bond donors (Lipinski definition) is 1. The molecule has 0 spiro atoms. The van der Waals surface area contributed by atoms with Crippen LogP contribution in [0.5, 0.6) is 0 Å². The number of benzene rings is 2. The monoisotopic (exact) mass is 371 g/mol. The Morgan fingerprint density at radius 2 is 1.88 bits per heavy atom. The SMILES string of the molecule is NC(=O)c1cccc(C(=O)N=c2sccn2Cc2ccccc2Cl)c1. The zero-order chi connectivity index (χ0) is 17.8. The molecule has 7 heteroatoms. The predicted molar refractivity (Wildman–Crippen MR) is 97.7 cm³/mol. The molecule has 0 aliphatic heterocycles. The highest BCUT2D eigenvalue weighted by molar-refractivity contribution is 7.07. The zero-order valence-corrected chi connectivity index (χ0v) is 14.6. The van der Waals surface area contributed by atoms with Crippen LogP contribution in [0.25, 0.3) is 0 Å². The zero-order valence-electron chi connectivity index (χ0n) is 13.1. The van der Waals surface area contributed by atoms with E-state index in [1.807, 2.05) is 40.4 Å². The minimum Gasteiger partial charge on any atom is -0.366 e. The normalized spacial score (nSPS) is 11.5. The second kappa shape index (κ2) is 7.46. The van der Waals surface area contributed by atoms with Gasteiger partial charge in [0.15, 0.2) is 4.80 Å². The van der Waals surface area contributed by atoms with Crippen molar-refractivity contribution in [3.63, 3.8) is 0 Å². The molecule has 0 saturated heterocycles. The Bertz CT molecular complexity index is 1010. The van der Waals surface area contributed by atoms with Gasteiger partial charge in [-0.3, -0.25) is 9.59 Å². The van der Waals surface area contributed by atoms with Gasteiger partial charge in [0.1, 0.15) is 0 Å². The van der Waals surface area contributed by atoms with Crippen molar-refractivity contribution in [2.45, 2.75) is 6.54 Å². The summed E-state index contributed by atoms with van der Waals surface area (Å²) in [5.74, 6) is -1.02. The molecule has 0 aliphatic carbocycles. The Balaban J connectivity index is 1.91. The first-order valence-corrected chi connectivity index (χ1v) is 8.66. The van der Waals surface area contributed by atoms with Crippen molar-refractivity contribution in [3.8, 4) is 0 Å². The molecule has 0 unspecified atom stereocenters. The quantitative estimate of drug-likeness (QED) is 0.765. The number of carbonyl (C=O) groups is 2. The van der Waals surface area contributed by atoms with Crippen LogP contribution in [0.4, 0.5) is 0 Å². The summed E-state index contributed by atoms with van der Waals surface area (Å²) in [5.41, 5.74) is 6.77. The maximum absolute atomic E-state index is 12.4. The number of nitrogens with zero attached hydrogens (tertiary/aromatic N) is 2. The number of hydrogen-bond acceptors (Lipinski definition) is 3. The van der Waals surface area contributed by atoms with Crippen LogP contribution in [0.3, 0.4) is 0 Å². The van der Waals surface area contributed by atoms with Gasteiger partial charge >= 0.3 is 0 Å². The first-order chi connectivity index (χ1) is 12.0. The second-order valence-corrected chi connectivity index (χ2v) is 6.55. The number of thiazole rings is 1. The smallest absolute Gasteiger partial charge is 0.279 e. The van der Waals surface area contributed by atoms with Crippen molar-refractivity contribution < 1.29 is 9.59 Å². The fourth-order valence-corrected chi connectivity index (χ4v) is 3.20. The summed E-state index contributed by atoms with van der Waals surface area (Å²) in [6.45, 7) is 0.511. The number of aromatic nitrogens is 1. The third-order valence-corrected chi connectivity index (χ3v) is 4.71. The van der Waals surface area contributed by atoms with Gasteiger partial charge in [0.25, 0.3) is 5.91 Å². The van der Waals surface area contributed by atoms with E-state index in [0.717, 1.165) is 5.56 Å². The number of rotatable bonds is 4. The molecule has 3 rings (SSSR count). The molecule has 2 N–H and O–H groups in total. The molecular formula is C18H14ClN3O2S. The molecule has 1 aromatic heterocycles. The molecule has 3 aromatic rings. The van der Waals surface area contributed by atoms with Gasteiger partial charge < -0.3 is 10.3 Å². The van der Waals surface area contributed by atoms with Gasteiger partial charge in [0.05, 0.1) is 6.54 Å². The largest absolute Gasteiger partial charge is 0.366 e. The van der Waals surface area contributed by atoms with Crippen LogP contribution in [0.1, 0.15) is 26.3 Å². The summed E-state index contributed by atoms with van der Waals surface area (Å²) in [6, 6.07) is 13.7. The van der Waals surface area contributed by atoms with Crippen LogP contribution in [0.15, 0.2) is 65.1 Å². The maximum atomic E-state index is 12.4. The molecule has 0 aliphatic rings. The van der Waals surface area contributed by atoms with E-state index in [2.05, 4.69) is 4.99 Å². The highest BCUT2D eigenvalue weighted by atomic mass is 35.5. The molecule has 0 atom stereocenters. The summed E-state index contributed by atoms with van der Waals surface area (Å²) in [4.78, 5) is 28.4. The van der Waals surface area contributed by atoms with Crippen LogP contribution in [0, 0.1) is 0 Å². The van der Waals surface area contributed by atoms with Gasteiger partial charge in [-0.2, -0.15) is 4.99 Å². The van der Waals surface area contributed by atoms with E-state index in [1.165, 1.54) is 17.4 Å². The van der Waals surface area contributed by atoms with Gasteiger partial charge in [-0.25, -0.2) is 0 Å². The van der Waals surface area contributed by atoms with Crippen molar-refractivity contribution in [2.75, 3.05) is 0 Å². The second-order valence-electron chi connectivity index (χ2n) is 5.27. The highest BCUT2D eigenvalue weighted by Crippen LogP contribution is 2.15. The molecule has 5 nitrogen and oxygen atoms in total. The average molecular weight is 372 g/mol. The van der Waals surface area contributed by atoms with E-state index in [0.29, 0.717) is 21.9 Å². The van der Waals surface area contributed by atoms with Crippen LogP contribution in [0.2, 0.25) is 5.02 Å². The summed E-state index contributed by atoms with van der Waals surface area (Å²) in [7, 11) is 0. The predicted octanol–water partition coefficient (Wildman–Crippen LogP) is 3.09. The summed E-state index contributed by atoms with van der Waals surface area (Å²) < 4.78 is 1.85. The van der Waals surface area contributed by atoms with E-state index >= 15 is 0 Å². The molecular weight excluding hydrogens is 358 g/mol. The topological polar surface area (TPSA) is 77.5 Å². The molecule has 2 aromatic carbocycles. The van der Waals surface area contributed by atoms with E-state index < -0.39 is 11.8 Å². The van der Waals surface area contributed by atoms with Gasteiger partial charge in [0, 0.05) is 27.7 Å². The molecule has 25 heavy (non-hydrogen) atoms. The molecule has 1 heterocycles. The lowest BCUT2D eigenvalue weighted by Gasteiger charge is -2.05. The van der Waals surface area contributed by atoms with Crippen molar-refractivity contribution >= 4 is 34.8 Å². The molecule has 0 saturated carbocycles. The highest BCUT2D eigenvalue weighted by Gasteiger charge is 2.09. The van der Waals surface area contributed by atoms with E-state index in [4.69, 9.17) is 17.3 Å². The van der Waals surface area contributed by atoms with Crippen molar-refractivity contribution in [3.05, 3.63) is 86.6 Å². The van der Waals surface area contributed by atoms with Crippen LogP contribution < -0.4 is 10.5 Å². The Morgan fingerprint density at radius 1 is 1.12 bits per heavy atom. The van der Waals surface area contributed by atoms with E-state index in [9.17, 15) is 9.59 Å². The van der Waals surface area contributed by atoms with Gasteiger partial charge in [-0.15, -0.1) is 11.3 Å². The number of amides is 2. The minimum atomic E-state index is -0.584. The van der Waals surface area contributed by atoms with Crippen LogP contribution in [-0.2, 0) is 6.54 Å². The average Bonchev–Trinajstić information content (AvgIpc) is 3.04. The van der Waals surface area contributed by atoms with Gasteiger partial charge in [0.2, 0.25) is 5.91 Å². The molecule has 126 valence electrons. The Morgan fingerprint density at radius 3 is 2.64 bits per heavy atom. The van der Waals surface area contributed by atoms with Crippen molar-refractivity contribution in [1.82, 2.24) is 4.57 Å². The lowest BCUT2D eigenvalue weighted by Crippen LogP contribution is -2.17. The summed E-state index contributed by atoms with van der Waals surface area (Å²) >= 11 is 7.54. The number of halogens is 1. The molecule has 0 fully saturated rings. The Hall–Kier alpha value is -2.70. The van der Waals surface area contributed by atoms with Crippen molar-refractivity contribution in [2.24, 2.45) is 10.7 Å². The van der Waals surface area contributed by atoms with E-state index in [-0.39, 0.29) is 5.56 Å². The fourth-order valence-electron chi connectivity index (χ4n) is 2.27. The Labute approximate surface area is 153 Å². The lowest BCUT2D eigenvalue weighted by molar-refractivity contribution is 0.0997. The first kappa shape index (κ1) is 17.1. The minimum absolute atomic E-state index is 0.274. The lowest BCUT2D eigenvalue weighted by atomic mass is 10.1. The van der Waals surface area contributed by atoms with Crippen LogP contribution in [-0.4, -0.2) is 16.4 Å². The van der Waals surface area contributed by atoms with Gasteiger partial charge in [-0.05, 0) is 29.8 Å². The first-order valence-electron chi connectivity index (χ1n) is 7.41. The molecule has 2 amide bonds. The number of nitrogens with two attached hydrogens (primary N) is 1. The summed E-state index contributed by atoms with van der Waals surface area (Å²) in [5, 5.41) is 2.51. The molecule has 0 bridgehead atoms. The van der Waals surface area contributed by atoms with Crippen molar-refractivity contribution in [1.29, 1.82) is 0 Å². The fraction of sp³-hybridized carbons (Fsp3) is 0.0556. The maximum Gasteiger partial charge on any atom is 0.279 e.